The van der Waals surface area contributed by atoms with Crippen molar-refractivity contribution in [2.75, 3.05) is 25.0 Å². The molecular formula is C23H25N2O3+. The van der Waals surface area contributed by atoms with Gasteiger partial charge in [0.15, 0.2) is 6.54 Å². The highest BCUT2D eigenvalue weighted by atomic mass is 16.4. The van der Waals surface area contributed by atoms with Crippen molar-refractivity contribution in [2.24, 2.45) is 5.92 Å². The number of rotatable bonds is 4. The summed E-state index contributed by atoms with van der Waals surface area (Å²) in [4.78, 5) is 27.2. The summed E-state index contributed by atoms with van der Waals surface area (Å²) in [6, 6.07) is 16.5. The number of likely N-dealkylation sites (tertiary alicyclic amines) is 1. The Kier molecular flexibility index (Phi) is 5.26. The number of hydrogen-bond acceptors (Lipinski definition) is 3. The van der Waals surface area contributed by atoms with E-state index < -0.39 is 0 Å². The van der Waals surface area contributed by atoms with E-state index in [4.69, 9.17) is 4.42 Å². The second kappa shape index (κ2) is 7.98. The molecule has 2 aromatic carbocycles. The maximum Gasteiger partial charge on any atom is 0.281 e. The lowest BCUT2D eigenvalue weighted by molar-refractivity contribution is -0.900. The van der Waals surface area contributed by atoms with E-state index in [2.05, 4.69) is 12.2 Å². The third-order valence-corrected chi connectivity index (χ3v) is 5.39. The highest BCUT2D eigenvalue weighted by molar-refractivity contribution is 5.96. The molecule has 1 unspecified atom stereocenters. The second-order valence-electron chi connectivity index (χ2n) is 7.67. The Bertz CT molecular complexity index is 1040. The average molecular weight is 377 g/mol. The lowest BCUT2D eigenvalue weighted by Crippen LogP contribution is -3.14. The van der Waals surface area contributed by atoms with Crippen molar-refractivity contribution < 1.29 is 14.1 Å². The van der Waals surface area contributed by atoms with Gasteiger partial charge in [-0.15, -0.1) is 0 Å². The molecule has 0 spiro atoms. The number of quaternary nitrogens is 1. The first-order valence-electron chi connectivity index (χ1n) is 9.86. The molecule has 2 atom stereocenters. The number of benzene rings is 2. The van der Waals surface area contributed by atoms with Crippen LogP contribution in [-0.2, 0) is 4.79 Å². The fourth-order valence-corrected chi connectivity index (χ4v) is 4.05. The minimum Gasteiger partial charge on any atom is -0.439 e. The summed E-state index contributed by atoms with van der Waals surface area (Å²) >= 11 is 0. The van der Waals surface area contributed by atoms with Crippen molar-refractivity contribution in [3.8, 4) is 11.1 Å². The zero-order valence-electron chi connectivity index (χ0n) is 16.0. The molecule has 1 saturated heterocycles. The molecule has 0 saturated carbocycles. The van der Waals surface area contributed by atoms with E-state index >= 15 is 0 Å². The predicted molar refractivity (Wildman–Crippen MR) is 111 cm³/mol. The van der Waals surface area contributed by atoms with Crippen LogP contribution in [0.15, 0.2) is 63.8 Å². The predicted octanol–water partition coefficient (Wildman–Crippen LogP) is 2.71. The molecule has 4 rings (SSSR count). The molecule has 144 valence electrons. The van der Waals surface area contributed by atoms with Crippen LogP contribution < -0.4 is 15.6 Å². The van der Waals surface area contributed by atoms with E-state index in [1.807, 2.05) is 42.5 Å². The molecule has 5 heteroatoms. The van der Waals surface area contributed by atoms with Crippen molar-refractivity contribution in [3.63, 3.8) is 0 Å². The zero-order chi connectivity index (χ0) is 19.5. The van der Waals surface area contributed by atoms with Crippen LogP contribution in [0, 0.1) is 5.92 Å². The van der Waals surface area contributed by atoms with E-state index in [1.165, 1.54) is 11.3 Å². The van der Waals surface area contributed by atoms with Gasteiger partial charge in [-0.2, -0.15) is 0 Å². The highest BCUT2D eigenvalue weighted by Gasteiger charge is 2.24. The number of piperidine rings is 1. The highest BCUT2D eigenvalue weighted by Crippen LogP contribution is 2.28. The first-order chi connectivity index (χ1) is 13.6. The quantitative estimate of drug-likeness (QED) is 0.735. The van der Waals surface area contributed by atoms with Gasteiger partial charge >= 0.3 is 0 Å². The minimum absolute atomic E-state index is 0.125. The van der Waals surface area contributed by atoms with E-state index in [0.717, 1.165) is 25.1 Å². The average Bonchev–Trinajstić information content (AvgIpc) is 2.69. The smallest absolute Gasteiger partial charge is 0.281 e. The van der Waals surface area contributed by atoms with Crippen molar-refractivity contribution in [3.05, 3.63) is 64.8 Å². The monoisotopic (exact) mass is 377 g/mol. The van der Waals surface area contributed by atoms with Gasteiger partial charge in [-0.25, -0.2) is 0 Å². The molecule has 1 aromatic heterocycles. The van der Waals surface area contributed by atoms with Crippen LogP contribution >= 0.6 is 0 Å². The lowest BCUT2D eigenvalue weighted by Gasteiger charge is -2.27. The van der Waals surface area contributed by atoms with E-state index in [-0.39, 0.29) is 17.2 Å². The van der Waals surface area contributed by atoms with Crippen molar-refractivity contribution in [2.45, 2.75) is 19.8 Å². The first-order valence-corrected chi connectivity index (χ1v) is 9.86. The largest absolute Gasteiger partial charge is 0.439 e. The minimum atomic E-state index is -0.137. The maximum absolute atomic E-state index is 13.1. The Morgan fingerprint density at radius 3 is 2.68 bits per heavy atom. The molecule has 5 nitrogen and oxygen atoms in total. The standard InChI is InChI=1S/C23H24N2O3/c1-16-8-7-13-25(14-16)15-20(26)24-23-21(17-9-3-2-4-10-17)22(27)18-11-5-6-12-19(18)28-23/h2-6,9-12,16H,7-8,13-15H2,1H3,(H,24,26)/p+1/t16-/m0/s1. The summed E-state index contributed by atoms with van der Waals surface area (Å²) < 4.78 is 5.97. The number of anilines is 1. The van der Waals surface area contributed by atoms with E-state index in [0.29, 0.717) is 29.0 Å². The molecule has 0 bridgehead atoms. The van der Waals surface area contributed by atoms with Crippen LogP contribution in [-0.4, -0.2) is 25.5 Å². The number of nitrogens with one attached hydrogen (secondary N) is 2. The van der Waals surface area contributed by atoms with Crippen LogP contribution in [0.3, 0.4) is 0 Å². The Labute approximate surface area is 164 Å². The molecule has 2 N–H and O–H groups in total. The normalized spacial score (nSPS) is 19.5. The number of amides is 1. The van der Waals surface area contributed by atoms with Gasteiger partial charge in [-0.1, -0.05) is 49.4 Å². The molecular weight excluding hydrogens is 352 g/mol. The summed E-state index contributed by atoms with van der Waals surface area (Å²) in [5.74, 6) is 0.735. The van der Waals surface area contributed by atoms with Crippen LogP contribution in [0.5, 0.6) is 0 Å². The molecule has 1 amide bonds. The molecule has 1 aliphatic heterocycles. The summed E-state index contributed by atoms with van der Waals surface area (Å²) in [7, 11) is 0. The third kappa shape index (κ3) is 3.85. The third-order valence-electron chi connectivity index (χ3n) is 5.39. The van der Waals surface area contributed by atoms with Crippen LogP contribution in [0.25, 0.3) is 22.1 Å². The SMILES string of the molecule is C[C@H]1CCC[NH+](CC(=O)Nc2oc3ccccc3c(=O)c2-c2ccccc2)C1. The van der Waals surface area contributed by atoms with Gasteiger partial charge in [-0.3, -0.25) is 14.9 Å². The summed E-state index contributed by atoms with van der Waals surface area (Å²) in [5, 5.41) is 3.39. The van der Waals surface area contributed by atoms with Crippen LogP contribution in [0.2, 0.25) is 0 Å². The van der Waals surface area contributed by atoms with Crippen molar-refractivity contribution in [1.29, 1.82) is 0 Å². The lowest BCUT2D eigenvalue weighted by atomic mass is 10.0. The van der Waals surface area contributed by atoms with E-state index in [1.54, 1.807) is 12.1 Å². The van der Waals surface area contributed by atoms with Crippen LogP contribution in [0.4, 0.5) is 5.88 Å². The Hall–Kier alpha value is -2.92. The van der Waals surface area contributed by atoms with Gasteiger partial charge in [0.25, 0.3) is 5.91 Å². The molecule has 0 aliphatic carbocycles. The van der Waals surface area contributed by atoms with Crippen molar-refractivity contribution >= 4 is 22.8 Å². The number of carbonyl (C=O) groups is 1. The Morgan fingerprint density at radius 2 is 1.89 bits per heavy atom. The number of fused-ring (bicyclic) bond motifs is 1. The fraction of sp³-hybridized carbons (Fsp3) is 0.304. The molecule has 28 heavy (non-hydrogen) atoms. The molecule has 3 aromatic rings. The van der Waals surface area contributed by atoms with Gasteiger partial charge in [0.05, 0.1) is 24.0 Å². The molecule has 1 aliphatic rings. The summed E-state index contributed by atoms with van der Waals surface area (Å²) in [5.41, 5.74) is 1.47. The number of carbonyl (C=O) groups excluding carboxylic acids is 1. The molecule has 1 fully saturated rings. The zero-order valence-corrected chi connectivity index (χ0v) is 16.0. The van der Waals surface area contributed by atoms with Crippen LogP contribution in [0.1, 0.15) is 19.8 Å². The van der Waals surface area contributed by atoms with E-state index in [9.17, 15) is 9.59 Å². The fourth-order valence-electron chi connectivity index (χ4n) is 4.05. The second-order valence-corrected chi connectivity index (χ2v) is 7.67. The van der Waals surface area contributed by atoms with Gasteiger partial charge in [0.2, 0.25) is 11.3 Å². The number of hydrogen-bond donors (Lipinski definition) is 2. The van der Waals surface area contributed by atoms with Crippen molar-refractivity contribution in [1.82, 2.24) is 0 Å². The number of para-hydroxylation sites is 1. The van der Waals surface area contributed by atoms with Gasteiger partial charge in [0.1, 0.15) is 5.58 Å². The summed E-state index contributed by atoms with van der Waals surface area (Å²) in [6.07, 6.45) is 2.37. The Morgan fingerprint density at radius 1 is 1.14 bits per heavy atom. The summed E-state index contributed by atoms with van der Waals surface area (Å²) in [6.45, 7) is 4.62. The molecule has 0 radical (unpaired) electrons. The topological polar surface area (TPSA) is 63.8 Å². The maximum atomic E-state index is 13.1. The molecule has 2 heterocycles. The van der Waals surface area contributed by atoms with Gasteiger partial charge < -0.3 is 9.32 Å². The van der Waals surface area contributed by atoms with Gasteiger partial charge in [-0.05, 0) is 30.5 Å². The Balaban J connectivity index is 1.69. The first kappa shape index (κ1) is 18.4. The van der Waals surface area contributed by atoms with Gasteiger partial charge in [0, 0.05) is 5.92 Å².